The molecule has 1 aromatic carbocycles. The highest BCUT2D eigenvalue weighted by atomic mass is 16.5. The van der Waals surface area contributed by atoms with Crippen molar-refractivity contribution in [3.05, 3.63) is 36.1 Å². The van der Waals surface area contributed by atoms with E-state index in [1.807, 2.05) is 24.3 Å². The second-order valence-corrected chi connectivity index (χ2v) is 3.74. The highest BCUT2D eigenvalue weighted by Crippen LogP contribution is 2.18. The molecule has 4 nitrogen and oxygen atoms in total. The van der Waals surface area contributed by atoms with E-state index in [9.17, 15) is 4.79 Å². The van der Waals surface area contributed by atoms with E-state index in [2.05, 4.69) is 5.32 Å². The van der Waals surface area contributed by atoms with E-state index < -0.39 is 0 Å². The molecule has 0 saturated carbocycles. The minimum atomic E-state index is -0.0442. The predicted molar refractivity (Wildman–Crippen MR) is 65.3 cm³/mol. The average molecular weight is 233 g/mol. The van der Waals surface area contributed by atoms with Gasteiger partial charge in [0.2, 0.25) is 5.78 Å². The molecule has 0 fully saturated rings. The van der Waals surface area contributed by atoms with Gasteiger partial charge in [-0.1, -0.05) is 18.2 Å². The number of ketones is 1. The molecule has 0 amide bonds. The first-order valence-corrected chi connectivity index (χ1v) is 5.52. The number of Topliss-reactive ketones (excluding diaryl/α,β-unsaturated/α-hetero) is 1. The summed E-state index contributed by atoms with van der Waals surface area (Å²) >= 11 is 0. The Kier molecular flexibility index (Phi) is 3.90. The Bertz CT molecular complexity index is 471. The first-order valence-electron chi connectivity index (χ1n) is 5.52. The number of ether oxygens (including phenoxy) is 1. The van der Waals surface area contributed by atoms with Crippen molar-refractivity contribution in [3.8, 4) is 0 Å². The normalized spacial score (nSPS) is 10.9. The molecule has 2 aromatic rings. The lowest BCUT2D eigenvalue weighted by molar-refractivity contribution is 0.0963. The molecule has 0 bridgehead atoms. The van der Waals surface area contributed by atoms with Gasteiger partial charge in [0.05, 0.1) is 13.2 Å². The van der Waals surface area contributed by atoms with E-state index in [1.54, 1.807) is 13.2 Å². The number of benzene rings is 1. The largest absolute Gasteiger partial charge is 0.453 e. The molecule has 0 saturated heterocycles. The van der Waals surface area contributed by atoms with Gasteiger partial charge in [-0.15, -0.1) is 0 Å². The molecule has 0 aliphatic rings. The molecular weight excluding hydrogens is 218 g/mol. The van der Waals surface area contributed by atoms with Gasteiger partial charge >= 0.3 is 0 Å². The average Bonchev–Trinajstić information content (AvgIpc) is 2.78. The molecule has 0 radical (unpaired) electrons. The van der Waals surface area contributed by atoms with Gasteiger partial charge in [0.15, 0.2) is 5.76 Å². The second-order valence-electron chi connectivity index (χ2n) is 3.74. The summed E-state index contributed by atoms with van der Waals surface area (Å²) in [5.74, 6) is 0.355. The SMILES string of the molecule is COCCNCC(=O)c1cc2ccccc2o1. The van der Waals surface area contributed by atoms with Crippen LogP contribution >= 0.6 is 0 Å². The van der Waals surface area contributed by atoms with E-state index in [0.29, 0.717) is 18.9 Å². The molecule has 0 atom stereocenters. The third-order valence-electron chi connectivity index (χ3n) is 2.47. The molecule has 0 aliphatic heterocycles. The Balaban J connectivity index is 1.99. The fraction of sp³-hybridized carbons (Fsp3) is 0.308. The lowest BCUT2D eigenvalue weighted by Crippen LogP contribution is -2.26. The van der Waals surface area contributed by atoms with Crippen LogP contribution in [0.1, 0.15) is 10.6 Å². The van der Waals surface area contributed by atoms with Crippen LogP contribution in [-0.2, 0) is 4.74 Å². The summed E-state index contributed by atoms with van der Waals surface area (Å²) in [7, 11) is 1.63. The Morgan fingerprint density at radius 1 is 1.41 bits per heavy atom. The number of carbonyl (C=O) groups excluding carboxylic acids is 1. The molecule has 1 heterocycles. The molecule has 2 rings (SSSR count). The zero-order chi connectivity index (χ0) is 12.1. The third kappa shape index (κ3) is 2.93. The van der Waals surface area contributed by atoms with Gasteiger partial charge in [-0.05, 0) is 12.1 Å². The Hall–Kier alpha value is -1.65. The molecule has 1 N–H and O–H groups in total. The summed E-state index contributed by atoms with van der Waals surface area (Å²) in [4.78, 5) is 11.8. The Labute approximate surface area is 99.6 Å². The van der Waals surface area contributed by atoms with Gasteiger partial charge in [-0.2, -0.15) is 0 Å². The standard InChI is InChI=1S/C13H15NO3/c1-16-7-6-14-9-11(15)13-8-10-4-2-3-5-12(10)17-13/h2-5,8,14H,6-7,9H2,1H3. The van der Waals surface area contributed by atoms with Crippen LogP contribution in [0.5, 0.6) is 0 Å². The van der Waals surface area contributed by atoms with Crippen molar-refractivity contribution >= 4 is 16.8 Å². The molecule has 90 valence electrons. The van der Waals surface area contributed by atoms with Crippen molar-refractivity contribution in [2.75, 3.05) is 26.8 Å². The molecule has 0 unspecified atom stereocenters. The van der Waals surface area contributed by atoms with Gasteiger partial charge < -0.3 is 14.5 Å². The summed E-state index contributed by atoms with van der Waals surface area (Å²) in [5.41, 5.74) is 0.743. The Morgan fingerprint density at radius 2 is 2.24 bits per heavy atom. The number of methoxy groups -OCH3 is 1. The van der Waals surface area contributed by atoms with Crippen LogP contribution in [-0.4, -0.2) is 32.6 Å². The first kappa shape index (κ1) is 11.8. The van der Waals surface area contributed by atoms with Gasteiger partial charge in [0.25, 0.3) is 0 Å². The number of hydrogen-bond acceptors (Lipinski definition) is 4. The van der Waals surface area contributed by atoms with Crippen LogP contribution < -0.4 is 5.32 Å². The van der Waals surface area contributed by atoms with Crippen molar-refractivity contribution in [3.63, 3.8) is 0 Å². The topological polar surface area (TPSA) is 51.5 Å². The summed E-state index contributed by atoms with van der Waals surface area (Å²) < 4.78 is 10.3. The van der Waals surface area contributed by atoms with Crippen molar-refractivity contribution in [2.45, 2.75) is 0 Å². The molecule has 1 aromatic heterocycles. The van der Waals surface area contributed by atoms with Gasteiger partial charge in [-0.25, -0.2) is 0 Å². The first-order chi connectivity index (χ1) is 8.31. The summed E-state index contributed by atoms with van der Waals surface area (Å²) in [6.45, 7) is 1.51. The molecule has 0 spiro atoms. The highest BCUT2D eigenvalue weighted by Gasteiger charge is 2.11. The van der Waals surface area contributed by atoms with E-state index in [-0.39, 0.29) is 12.3 Å². The molecule has 17 heavy (non-hydrogen) atoms. The summed E-state index contributed by atoms with van der Waals surface area (Å²) in [5, 5.41) is 3.95. The molecular formula is C13H15NO3. The number of furan rings is 1. The zero-order valence-electron chi connectivity index (χ0n) is 9.73. The minimum Gasteiger partial charge on any atom is -0.453 e. The number of rotatable bonds is 6. The van der Waals surface area contributed by atoms with Crippen molar-refractivity contribution < 1.29 is 13.9 Å². The fourth-order valence-electron chi connectivity index (χ4n) is 1.58. The van der Waals surface area contributed by atoms with Gasteiger partial charge in [0.1, 0.15) is 5.58 Å². The van der Waals surface area contributed by atoms with Crippen molar-refractivity contribution in [1.29, 1.82) is 0 Å². The maximum atomic E-state index is 11.8. The van der Waals surface area contributed by atoms with E-state index in [0.717, 1.165) is 11.0 Å². The van der Waals surface area contributed by atoms with Gasteiger partial charge in [0, 0.05) is 19.0 Å². The van der Waals surface area contributed by atoms with E-state index in [4.69, 9.17) is 9.15 Å². The molecule has 4 heteroatoms. The van der Waals surface area contributed by atoms with Crippen LogP contribution in [0.4, 0.5) is 0 Å². The zero-order valence-corrected chi connectivity index (χ0v) is 9.73. The monoisotopic (exact) mass is 233 g/mol. The second kappa shape index (κ2) is 5.61. The maximum absolute atomic E-state index is 11.8. The molecule has 0 aliphatic carbocycles. The highest BCUT2D eigenvalue weighted by molar-refractivity contribution is 5.98. The van der Waals surface area contributed by atoms with E-state index >= 15 is 0 Å². The minimum absolute atomic E-state index is 0.0442. The lowest BCUT2D eigenvalue weighted by Gasteiger charge is -2.00. The summed E-state index contributed by atoms with van der Waals surface area (Å²) in [6, 6.07) is 9.36. The number of nitrogens with one attached hydrogen (secondary N) is 1. The number of hydrogen-bond donors (Lipinski definition) is 1. The smallest absolute Gasteiger partial charge is 0.211 e. The number of carbonyl (C=O) groups is 1. The quantitative estimate of drug-likeness (QED) is 0.611. The van der Waals surface area contributed by atoms with Gasteiger partial charge in [-0.3, -0.25) is 4.79 Å². The van der Waals surface area contributed by atoms with Crippen LogP contribution in [0.2, 0.25) is 0 Å². The van der Waals surface area contributed by atoms with E-state index in [1.165, 1.54) is 0 Å². The van der Waals surface area contributed by atoms with Crippen LogP contribution in [0.25, 0.3) is 11.0 Å². The van der Waals surface area contributed by atoms with Crippen molar-refractivity contribution in [2.24, 2.45) is 0 Å². The van der Waals surface area contributed by atoms with Crippen molar-refractivity contribution in [1.82, 2.24) is 5.32 Å². The van der Waals surface area contributed by atoms with Crippen LogP contribution in [0.3, 0.4) is 0 Å². The van der Waals surface area contributed by atoms with Crippen LogP contribution in [0, 0.1) is 0 Å². The predicted octanol–water partition coefficient (Wildman–Crippen LogP) is 1.85. The summed E-state index contributed by atoms with van der Waals surface area (Å²) in [6.07, 6.45) is 0. The number of para-hydroxylation sites is 1. The Morgan fingerprint density at radius 3 is 3.00 bits per heavy atom. The third-order valence-corrected chi connectivity index (χ3v) is 2.47. The fourth-order valence-corrected chi connectivity index (χ4v) is 1.58. The van der Waals surface area contributed by atoms with Crippen LogP contribution in [0.15, 0.2) is 34.7 Å². The lowest BCUT2D eigenvalue weighted by atomic mass is 10.2. The maximum Gasteiger partial charge on any atom is 0.211 e. The number of fused-ring (bicyclic) bond motifs is 1.